The number of hydrogen-bond donors (Lipinski definition) is 3. The second-order valence-electron chi connectivity index (χ2n) is 5.11. The Morgan fingerprint density at radius 3 is 2.61 bits per heavy atom. The van der Waals surface area contributed by atoms with Crippen LogP contribution in [0.4, 0.5) is 0 Å². The lowest BCUT2D eigenvalue weighted by molar-refractivity contribution is -0.0786. The Kier molecular flexibility index (Phi) is 5.03. The Balaban J connectivity index is 1.76. The first-order chi connectivity index (χ1) is 11.1. The lowest BCUT2D eigenvalue weighted by Crippen LogP contribution is -2.50. The minimum Gasteiger partial charge on any atom is -0.475 e. The molecule has 23 heavy (non-hydrogen) atoms. The first kappa shape index (κ1) is 16.5. The second-order valence-corrected chi connectivity index (χ2v) is 6.64. The molecule has 122 valence electrons. The molecule has 3 rings (SSSR count). The summed E-state index contributed by atoms with van der Waals surface area (Å²) >= 11 is 7.47. The van der Waals surface area contributed by atoms with E-state index in [1.807, 2.05) is 0 Å². The molecular weight excluding hydrogens is 340 g/mol. The summed E-state index contributed by atoms with van der Waals surface area (Å²) in [6, 6.07) is 5.20. The van der Waals surface area contributed by atoms with Gasteiger partial charge in [0.25, 0.3) is 0 Å². The molecule has 3 N–H and O–H groups in total. The molecule has 1 aliphatic heterocycles. The largest absolute Gasteiger partial charge is 0.475 e. The van der Waals surface area contributed by atoms with E-state index in [1.165, 1.54) is 18.0 Å². The molecule has 4 atom stereocenters. The van der Waals surface area contributed by atoms with Gasteiger partial charge in [0.15, 0.2) is 5.44 Å². The summed E-state index contributed by atoms with van der Waals surface area (Å²) in [7, 11) is 0. The van der Waals surface area contributed by atoms with Crippen LogP contribution in [0.2, 0.25) is 5.02 Å². The fraction of sp³-hybridized carbons (Fsp3) is 0.333. The van der Waals surface area contributed by atoms with Crippen LogP contribution in [0.15, 0.2) is 36.8 Å². The van der Waals surface area contributed by atoms with Gasteiger partial charge >= 0.3 is 0 Å². The zero-order valence-electron chi connectivity index (χ0n) is 11.9. The van der Waals surface area contributed by atoms with Gasteiger partial charge in [0.1, 0.15) is 18.0 Å². The zero-order valence-corrected chi connectivity index (χ0v) is 13.5. The van der Waals surface area contributed by atoms with Crippen molar-refractivity contribution in [3.8, 4) is 17.0 Å². The molecule has 8 heteroatoms. The maximum absolute atomic E-state index is 9.95. The molecule has 0 spiro atoms. The maximum Gasteiger partial charge on any atom is 0.173 e. The van der Waals surface area contributed by atoms with Crippen LogP contribution < -0.4 is 4.74 Å². The lowest BCUT2D eigenvalue weighted by Gasteiger charge is -2.34. The van der Waals surface area contributed by atoms with Crippen LogP contribution in [-0.2, 0) is 0 Å². The number of thioether (sulfide) groups is 1. The van der Waals surface area contributed by atoms with Crippen LogP contribution in [0.25, 0.3) is 11.3 Å². The van der Waals surface area contributed by atoms with Gasteiger partial charge in [-0.25, -0.2) is 0 Å². The van der Waals surface area contributed by atoms with Crippen molar-refractivity contribution in [2.45, 2.75) is 23.7 Å². The average molecular weight is 355 g/mol. The Hall–Kier alpha value is -1.38. The molecule has 0 radical (unpaired) electrons. The highest BCUT2D eigenvalue weighted by Gasteiger charge is 2.38. The number of ether oxygens (including phenoxy) is 1. The topological polar surface area (TPSA) is 95.7 Å². The van der Waals surface area contributed by atoms with Crippen molar-refractivity contribution in [3.63, 3.8) is 0 Å². The molecule has 0 amide bonds. The van der Waals surface area contributed by atoms with Gasteiger partial charge in [-0.05, 0) is 12.1 Å². The number of nitrogens with zero attached hydrogens (tertiary/aromatic N) is 2. The van der Waals surface area contributed by atoms with Crippen molar-refractivity contribution < 1.29 is 20.1 Å². The second kappa shape index (κ2) is 7.02. The molecule has 0 saturated carbocycles. The summed E-state index contributed by atoms with van der Waals surface area (Å²) in [6.45, 7) is 0. The maximum atomic E-state index is 9.95. The minimum absolute atomic E-state index is 0.277. The third-order valence-electron chi connectivity index (χ3n) is 3.48. The van der Waals surface area contributed by atoms with Gasteiger partial charge in [-0.15, -0.1) is 11.8 Å². The van der Waals surface area contributed by atoms with E-state index in [9.17, 15) is 15.3 Å². The van der Waals surface area contributed by atoms with Gasteiger partial charge in [0.2, 0.25) is 0 Å². The van der Waals surface area contributed by atoms with Crippen LogP contribution in [0.5, 0.6) is 5.75 Å². The van der Waals surface area contributed by atoms with Gasteiger partial charge in [-0.1, -0.05) is 11.6 Å². The standard InChI is InChI=1S/C15H15ClN2O4S/c16-10-5-9(6-18-12(10)8-1-3-17-4-2-8)22-15-14(21)13(20)11(19)7-23-15/h1-6,11,13-15,19-21H,7H2/t11-,13+,14-,15+/m1/s1. The van der Waals surface area contributed by atoms with E-state index in [4.69, 9.17) is 16.3 Å². The van der Waals surface area contributed by atoms with E-state index in [2.05, 4.69) is 9.97 Å². The molecule has 1 saturated heterocycles. The summed E-state index contributed by atoms with van der Waals surface area (Å²) in [6.07, 6.45) is 1.42. The van der Waals surface area contributed by atoms with E-state index < -0.39 is 23.7 Å². The molecule has 6 nitrogen and oxygen atoms in total. The predicted octanol–water partition coefficient (Wildman–Crippen LogP) is 1.33. The van der Waals surface area contributed by atoms with Crippen molar-refractivity contribution in [2.75, 3.05) is 5.75 Å². The molecular formula is C15H15ClN2O4S. The molecule has 1 aliphatic rings. The summed E-state index contributed by atoms with van der Waals surface area (Å²) in [4.78, 5) is 8.23. The number of hydrogen-bond acceptors (Lipinski definition) is 7. The number of rotatable bonds is 3. The average Bonchev–Trinajstić information content (AvgIpc) is 2.56. The van der Waals surface area contributed by atoms with Crippen molar-refractivity contribution in [2.24, 2.45) is 0 Å². The fourth-order valence-corrected chi connectivity index (χ4v) is 3.61. The first-order valence-electron chi connectivity index (χ1n) is 6.94. The lowest BCUT2D eigenvalue weighted by atomic mass is 10.1. The van der Waals surface area contributed by atoms with Crippen molar-refractivity contribution in [3.05, 3.63) is 41.8 Å². The molecule has 0 unspecified atom stereocenters. The number of aromatic nitrogens is 2. The summed E-state index contributed by atoms with van der Waals surface area (Å²) < 4.78 is 5.64. The minimum atomic E-state index is -1.24. The van der Waals surface area contributed by atoms with Gasteiger partial charge in [0, 0.05) is 29.8 Å². The van der Waals surface area contributed by atoms with Crippen LogP contribution >= 0.6 is 23.4 Å². The Bertz CT molecular complexity index is 676. The van der Waals surface area contributed by atoms with Crippen LogP contribution in [0.1, 0.15) is 0 Å². The van der Waals surface area contributed by atoms with E-state index in [1.54, 1.807) is 30.6 Å². The van der Waals surface area contributed by atoms with E-state index in [0.717, 1.165) is 5.56 Å². The summed E-state index contributed by atoms with van der Waals surface area (Å²) in [5, 5.41) is 29.6. The number of aliphatic hydroxyl groups excluding tert-OH is 3. The van der Waals surface area contributed by atoms with Crippen LogP contribution in [0, 0.1) is 0 Å². The Morgan fingerprint density at radius 1 is 1.17 bits per heavy atom. The highest BCUT2D eigenvalue weighted by atomic mass is 35.5. The van der Waals surface area contributed by atoms with Crippen molar-refractivity contribution >= 4 is 23.4 Å². The van der Waals surface area contributed by atoms with Gasteiger partial charge in [-0.3, -0.25) is 9.97 Å². The number of halogens is 1. The van der Waals surface area contributed by atoms with Crippen molar-refractivity contribution in [1.29, 1.82) is 0 Å². The Labute approximate surface area is 142 Å². The Morgan fingerprint density at radius 2 is 1.91 bits per heavy atom. The molecule has 0 aliphatic carbocycles. The number of pyridine rings is 2. The molecule has 2 aromatic rings. The molecule has 0 aromatic carbocycles. The van der Waals surface area contributed by atoms with Crippen LogP contribution in [-0.4, -0.2) is 54.8 Å². The SMILES string of the molecule is O[C@@H]1[C@@H](O)[C@@H](Oc2cnc(-c3ccncc3)c(Cl)c2)SC[C@H]1O. The fourth-order valence-electron chi connectivity index (χ4n) is 2.22. The third-order valence-corrected chi connectivity index (χ3v) is 5.00. The van der Waals surface area contributed by atoms with E-state index in [0.29, 0.717) is 16.5 Å². The zero-order chi connectivity index (χ0) is 16.4. The first-order valence-corrected chi connectivity index (χ1v) is 8.37. The van der Waals surface area contributed by atoms with E-state index >= 15 is 0 Å². The highest BCUT2D eigenvalue weighted by molar-refractivity contribution is 7.99. The normalized spacial score (nSPS) is 27.7. The third kappa shape index (κ3) is 3.59. The summed E-state index contributed by atoms with van der Waals surface area (Å²) in [5.74, 6) is 0.659. The quantitative estimate of drug-likeness (QED) is 0.765. The monoisotopic (exact) mass is 354 g/mol. The molecule has 1 fully saturated rings. The van der Waals surface area contributed by atoms with E-state index in [-0.39, 0.29) is 5.75 Å². The smallest absolute Gasteiger partial charge is 0.173 e. The summed E-state index contributed by atoms with van der Waals surface area (Å²) in [5.41, 5.74) is 0.744. The van der Waals surface area contributed by atoms with Gasteiger partial charge in [0.05, 0.1) is 23.0 Å². The van der Waals surface area contributed by atoms with Crippen molar-refractivity contribution in [1.82, 2.24) is 9.97 Å². The van der Waals surface area contributed by atoms with Crippen LogP contribution in [0.3, 0.4) is 0 Å². The number of aliphatic hydroxyl groups is 3. The van der Waals surface area contributed by atoms with Gasteiger partial charge in [-0.2, -0.15) is 0 Å². The molecule has 3 heterocycles. The molecule has 0 bridgehead atoms. The molecule has 2 aromatic heterocycles. The van der Waals surface area contributed by atoms with Gasteiger partial charge < -0.3 is 20.1 Å². The highest BCUT2D eigenvalue weighted by Crippen LogP contribution is 2.32. The predicted molar refractivity (Wildman–Crippen MR) is 87.4 cm³/mol.